The second-order valence-electron chi connectivity index (χ2n) is 4.18. The zero-order valence-corrected chi connectivity index (χ0v) is 11.5. The summed E-state index contributed by atoms with van der Waals surface area (Å²) in [6.45, 7) is 1.72. The van der Waals surface area contributed by atoms with Gasteiger partial charge in [-0.3, -0.25) is 19.9 Å². The minimum absolute atomic E-state index is 0.0831. The third kappa shape index (κ3) is 3.32. The number of pyridine rings is 1. The monoisotopic (exact) mass is 309 g/mol. The van der Waals surface area contributed by atoms with Gasteiger partial charge in [-0.05, 0) is 19.1 Å². The lowest BCUT2D eigenvalue weighted by Crippen LogP contribution is -2.13. The predicted octanol–water partition coefficient (Wildman–Crippen LogP) is 3.34. The largest absolute Gasteiger partial charge is 0.322 e. The average Bonchev–Trinajstić information content (AvgIpc) is 2.37. The highest BCUT2D eigenvalue weighted by Crippen LogP contribution is 2.22. The molecule has 0 aliphatic carbocycles. The van der Waals surface area contributed by atoms with Gasteiger partial charge >= 0.3 is 5.69 Å². The van der Waals surface area contributed by atoms with Gasteiger partial charge in [0.05, 0.1) is 15.5 Å². The summed E-state index contributed by atoms with van der Waals surface area (Å²) in [6, 6.07) is 4.59. The van der Waals surface area contributed by atoms with E-state index >= 15 is 0 Å². The third-order valence-corrected chi connectivity index (χ3v) is 2.95. The summed E-state index contributed by atoms with van der Waals surface area (Å²) in [7, 11) is 0. The van der Waals surface area contributed by atoms with Gasteiger partial charge in [-0.25, -0.2) is 0 Å². The summed E-state index contributed by atoms with van der Waals surface area (Å²) in [5.74, 6) is -1.62. The van der Waals surface area contributed by atoms with Crippen molar-refractivity contribution in [1.82, 2.24) is 4.98 Å². The normalized spacial score (nSPS) is 10.2. The Balaban J connectivity index is 2.23. The standard InChI is InChI=1S/C13H9ClFN3O3/c1-7-4-10(14)9(6-16-7)13(19)17-8-2-3-12(18(20)21)11(15)5-8/h2-6H,1H3,(H,17,19). The molecule has 0 saturated heterocycles. The summed E-state index contributed by atoms with van der Waals surface area (Å²) in [5, 5.41) is 13.1. The van der Waals surface area contributed by atoms with Crippen molar-refractivity contribution < 1.29 is 14.1 Å². The van der Waals surface area contributed by atoms with Gasteiger partial charge in [0.25, 0.3) is 5.91 Å². The molecule has 1 heterocycles. The molecule has 108 valence electrons. The summed E-state index contributed by atoms with van der Waals surface area (Å²) in [5.41, 5.74) is 0.196. The lowest BCUT2D eigenvalue weighted by atomic mass is 10.2. The highest BCUT2D eigenvalue weighted by atomic mass is 35.5. The van der Waals surface area contributed by atoms with Crippen LogP contribution in [0.15, 0.2) is 30.5 Å². The van der Waals surface area contributed by atoms with Gasteiger partial charge in [0, 0.05) is 29.7 Å². The molecule has 0 aliphatic heterocycles. The Kier molecular flexibility index (Phi) is 4.13. The molecule has 2 aromatic rings. The molecule has 0 fully saturated rings. The topological polar surface area (TPSA) is 85.1 Å². The molecule has 1 N–H and O–H groups in total. The Morgan fingerprint density at radius 2 is 2.14 bits per heavy atom. The van der Waals surface area contributed by atoms with E-state index in [1.807, 2.05) is 0 Å². The van der Waals surface area contributed by atoms with Gasteiger partial charge < -0.3 is 5.32 Å². The number of rotatable bonds is 3. The summed E-state index contributed by atoms with van der Waals surface area (Å²) >= 11 is 5.92. The van der Waals surface area contributed by atoms with Crippen LogP contribution in [0.3, 0.4) is 0 Å². The molecular weight excluding hydrogens is 301 g/mol. The number of aromatic nitrogens is 1. The number of hydrogen-bond acceptors (Lipinski definition) is 4. The average molecular weight is 310 g/mol. The van der Waals surface area contributed by atoms with Crippen LogP contribution in [0.4, 0.5) is 15.8 Å². The number of nitro benzene ring substituents is 1. The molecule has 0 saturated carbocycles. The van der Waals surface area contributed by atoms with Crippen molar-refractivity contribution in [1.29, 1.82) is 0 Å². The molecule has 1 aromatic carbocycles. The van der Waals surface area contributed by atoms with Gasteiger partial charge in [0.2, 0.25) is 5.82 Å². The van der Waals surface area contributed by atoms with Gasteiger partial charge in [0.1, 0.15) is 0 Å². The summed E-state index contributed by atoms with van der Waals surface area (Å²) in [6.07, 6.45) is 1.30. The van der Waals surface area contributed by atoms with Crippen LogP contribution in [0.2, 0.25) is 5.02 Å². The fraction of sp³-hybridized carbons (Fsp3) is 0.0769. The van der Waals surface area contributed by atoms with Crippen LogP contribution in [0, 0.1) is 22.9 Å². The molecule has 0 aliphatic rings. The Morgan fingerprint density at radius 1 is 1.43 bits per heavy atom. The van der Waals surface area contributed by atoms with Crippen LogP contribution in [0.5, 0.6) is 0 Å². The maximum atomic E-state index is 13.5. The van der Waals surface area contributed by atoms with Crippen LogP contribution in [0.25, 0.3) is 0 Å². The zero-order chi connectivity index (χ0) is 15.6. The third-order valence-electron chi connectivity index (χ3n) is 2.64. The predicted molar refractivity (Wildman–Crippen MR) is 75.0 cm³/mol. The van der Waals surface area contributed by atoms with Crippen LogP contribution in [0.1, 0.15) is 16.1 Å². The van der Waals surface area contributed by atoms with Crippen molar-refractivity contribution in [3.8, 4) is 0 Å². The van der Waals surface area contributed by atoms with Crippen molar-refractivity contribution >= 4 is 28.9 Å². The molecule has 0 bridgehead atoms. The molecule has 8 heteroatoms. The van der Waals surface area contributed by atoms with E-state index in [9.17, 15) is 19.3 Å². The Morgan fingerprint density at radius 3 is 2.71 bits per heavy atom. The summed E-state index contributed by atoms with van der Waals surface area (Å²) in [4.78, 5) is 25.6. The van der Waals surface area contributed by atoms with E-state index in [2.05, 4.69) is 10.3 Å². The van der Waals surface area contributed by atoms with Gasteiger partial charge in [-0.15, -0.1) is 0 Å². The molecule has 21 heavy (non-hydrogen) atoms. The Hall–Kier alpha value is -2.54. The Bertz CT molecular complexity index is 737. The number of anilines is 1. The van der Waals surface area contributed by atoms with E-state index in [0.29, 0.717) is 5.69 Å². The molecule has 0 atom stereocenters. The Labute approximate surface area is 123 Å². The molecular formula is C13H9ClFN3O3. The van der Waals surface area contributed by atoms with Crippen LogP contribution in [-0.2, 0) is 0 Å². The lowest BCUT2D eigenvalue weighted by molar-refractivity contribution is -0.387. The van der Waals surface area contributed by atoms with Crippen molar-refractivity contribution in [2.75, 3.05) is 5.32 Å². The van der Waals surface area contributed by atoms with Crippen molar-refractivity contribution in [2.24, 2.45) is 0 Å². The second kappa shape index (κ2) is 5.84. The first-order valence-corrected chi connectivity index (χ1v) is 6.13. The molecule has 2 rings (SSSR count). The molecule has 0 unspecified atom stereocenters. The van der Waals surface area contributed by atoms with Crippen LogP contribution in [-0.4, -0.2) is 15.8 Å². The second-order valence-corrected chi connectivity index (χ2v) is 4.59. The molecule has 6 nitrogen and oxygen atoms in total. The minimum Gasteiger partial charge on any atom is -0.322 e. The maximum Gasteiger partial charge on any atom is 0.304 e. The molecule has 1 aromatic heterocycles. The summed E-state index contributed by atoms with van der Waals surface area (Å²) < 4.78 is 13.5. The number of nitrogens with zero attached hydrogens (tertiary/aromatic N) is 2. The maximum absolute atomic E-state index is 13.5. The van der Waals surface area contributed by atoms with E-state index in [1.165, 1.54) is 18.3 Å². The quantitative estimate of drug-likeness (QED) is 0.696. The van der Waals surface area contributed by atoms with Crippen molar-refractivity contribution in [2.45, 2.75) is 6.92 Å². The van der Waals surface area contributed by atoms with E-state index in [0.717, 1.165) is 12.1 Å². The van der Waals surface area contributed by atoms with Crippen molar-refractivity contribution in [3.63, 3.8) is 0 Å². The van der Waals surface area contributed by atoms with Crippen LogP contribution < -0.4 is 5.32 Å². The fourth-order valence-corrected chi connectivity index (χ4v) is 1.92. The van der Waals surface area contributed by atoms with E-state index < -0.39 is 22.3 Å². The minimum atomic E-state index is -1.04. The number of hydrogen-bond donors (Lipinski definition) is 1. The smallest absolute Gasteiger partial charge is 0.304 e. The number of amides is 1. The zero-order valence-electron chi connectivity index (χ0n) is 10.8. The SMILES string of the molecule is Cc1cc(Cl)c(C(=O)Nc2ccc([N+](=O)[O-])c(F)c2)cn1. The first-order chi connectivity index (χ1) is 9.88. The van der Waals surface area contributed by atoms with E-state index in [-0.39, 0.29) is 16.3 Å². The first-order valence-electron chi connectivity index (χ1n) is 5.76. The molecule has 0 radical (unpaired) electrons. The fourth-order valence-electron chi connectivity index (χ4n) is 1.62. The molecule has 0 spiro atoms. The van der Waals surface area contributed by atoms with Gasteiger partial charge in [-0.1, -0.05) is 11.6 Å². The molecule has 1 amide bonds. The van der Waals surface area contributed by atoms with Crippen molar-refractivity contribution in [3.05, 3.63) is 62.7 Å². The number of carbonyl (C=O) groups is 1. The van der Waals surface area contributed by atoms with Gasteiger partial charge in [-0.2, -0.15) is 4.39 Å². The number of carbonyl (C=O) groups excluding carboxylic acids is 1. The number of nitro groups is 1. The van der Waals surface area contributed by atoms with Gasteiger partial charge in [0.15, 0.2) is 0 Å². The highest BCUT2D eigenvalue weighted by molar-refractivity contribution is 6.34. The number of benzene rings is 1. The van der Waals surface area contributed by atoms with Crippen LogP contribution >= 0.6 is 11.6 Å². The van der Waals surface area contributed by atoms with E-state index in [1.54, 1.807) is 6.92 Å². The number of halogens is 2. The lowest BCUT2D eigenvalue weighted by Gasteiger charge is -2.07. The number of aryl methyl sites for hydroxylation is 1. The first kappa shape index (κ1) is 14.9. The van der Waals surface area contributed by atoms with E-state index in [4.69, 9.17) is 11.6 Å². The number of nitrogens with one attached hydrogen (secondary N) is 1. The highest BCUT2D eigenvalue weighted by Gasteiger charge is 2.16.